The van der Waals surface area contributed by atoms with Crippen LogP contribution in [0.4, 0.5) is 17.6 Å². The summed E-state index contributed by atoms with van der Waals surface area (Å²) in [5.74, 6) is -3.98. The molecule has 0 aliphatic carbocycles. The predicted molar refractivity (Wildman–Crippen MR) is 25.2 cm³/mol. The van der Waals surface area contributed by atoms with E-state index in [0.29, 0.717) is 0 Å². The molecule has 0 amide bonds. The van der Waals surface area contributed by atoms with Crippen molar-refractivity contribution in [2.45, 2.75) is 12.3 Å². The fourth-order valence-corrected chi connectivity index (χ4v) is 0.258. The fraction of sp³-hybridized carbons (Fsp3) is 0.400. The van der Waals surface area contributed by atoms with E-state index >= 15 is 0 Å². The summed E-state index contributed by atoms with van der Waals surface area (Å²) in [6, 6.07) is 0. The number of hydrogen-bond acceptors (Lipinski definition) is 0. The Hall–Kier alpha value is -0.540. The van der Waals surface area contributed by atoms with Gasteiger partial charge in [-0.1, -0.05) is 6.08 Å². The van der Waals surface area contributed by atoms with E-state index in [9.17, 15) is 17.6 Å². The highest BCUT2D eigenvalue weighted by molar-refractivity contribution is 4.89. The molecule has 0 N–H and O–H groups in total. The molecule has 0 unspecified atom stereocenters. The lowest BCUT2D eigenvalue weighted by Crippen LogP contribution is -2.18. The molecule has 0 aromatic heterocycles. The van der Waals surface area contributed by atoms with Gasteiger partial charge in [0.2, 0.25) is 0 Å². The van der Waals surface area contributed by atoms with Crippen molar-refractivity contribution in [1.82, 2.24) is 0 Å². The lowest BCUT2D eigenvalue weighted by molar-refractivity contribution is -0.0563. The van der Waals surface area contributed by atoms with Gasteiger partial charge in [0.1, 0.15) is 0 Å². The van der Waals surface area contributed by atoms with Crippen LogP contribution in [0.3, 0.4) is 0 Å². The van der Waals surface area contributed by atoms with E-state index < -0.39 is 18.8 Å². The molecule has 0 bridgehead atoms. The van der Waals surface area contributed by atoms with E-state index in [1.165, 1.54) is 0 Å². The first-order valence-electron chi connectivity index (χ1n) is 2.18. The van der Waals surface area contributed by atoms with Gasteiger partial charge in [-0.05, 0) is 0 Å². The van der Waals surface area contributed by atoms with Crippen LogP contribution in [0.5, 0.6) is 0 Å². The van der Waals surface area contributed by atoms with Gasteiger partial charge in [0.05, 0.1) is 0 Å². The molecule has 0 saturated heterocycles. The second kappa shape index (κ2) is 2.85. The summed E-state index contributed by atoms with van der Waals surface area (Å²) in [5, 5.41) is 0. The van der Waals surface area contributed by atoms with Gasteiger partial charge in [-0.3, -0.25) is 0 Å². The Morgan fingerprint density at radius 2 is 1.89 bits per heavy atom. The Labute approximate surface area is 50.2 Å². The summed E-state index contributed by atoms with van der Waals surface area (Å²) >= 11 is 0. The molecule has 0 aliphatic rings. The highest BCUT2D eigenvalue weighted by Crippen LogP contribution is 2.32. The zero-order valence-electron chi connectivity index (χ0n) is 4.50. The molecule has 0 aromatic carbocycles. The summed E-state index contributed by atoms with van der Waals surface area (Å²) in [6.45, 7) is 2.90. The summed E-state index contributed by atoms with van der Waals surface area (Å²) in [5.41, 5.74) is 0. The van der Waals surface area contributed by atoms with Crippen LogP contribution in [0.1, 0.15) is 6.42 Å². The average molecular weight is 141 g/mol. The van der Waals surface area contributed by atoms with Gasteiger partial charge in [0, 0.05) is 6.42 Å². The van der Waals surface area contributed by atoms with Crippen molar-refractivity contribution in [2.75, 3.05) is 0 Å². The minimum atomic E-state index is -3.98. The van der Waals surface area contributed by atoms with Crippen LogP contribution in [-0.4, -0.2) is 5.92 Å². The maximum absolute atomic E-state index is 11.7. The largest absolute Gasteiger partial charge is 0.378 e. The standard InChI is InChI=1S/C5H5F4/c1-2-3-5(8,9)4(6)7/h2H,1,3H2. The van der Waals surface area contributed by atoms with E-state index in [4.69, 9.17) is 0 Å². The molecule has 53 valence electrons. The van der Waals surface area contributed by atoms with Gasteiger partial charge < -0.3 is 0 Å². The van der Waals surface area contributed by atoms with Crippen LogP contribution in [0, 0.1) is 6.43 Å². The average Bonchev–Trinajstić information content (AvgIpc) is 1.65. The normalized spacial score (nSPS) is 12.1. The molecule has 0 fully saturated rings. The molecule has 0 aromatic rings. The zero-order chi connectivity index (χ0) is 7.49. The minimum Gasteiger partial charge on any atom is -0.199 e. The zero-order valence-corrected chi connectivity index (χ0v) is 4.50. The van der Waals surface area contributed by atoms with Gasteiger partial charge in [-0.2, -0.15) is 17.6 Å². The number of rotatable bonds is 3. The predicted octanol–water partition coefficient (Wildman–Crippen LogP) is 2.63. The van der Waals surface area contributed by atoms with Gasteiger partial charge >= 0.3 is 12.3 Å². The lowest BCUT2D eigenvalue weighted by atomic mass is 10.2. The first kappa shape index (κ1) is 8.46. The molecule has 0 saturated carbocycles. The van der Waals surface area contributed by atoms with E-state index in [0.717, 1.165) is 6.08 Å². The third-order valence-corrected chi connectivity index (χ3v) is 0.677. The summed E-state index contributed by atoms with van der Waals surface area (Å²) in [4.78, 5) is 0. The maximum atomic E-state index is 11.7. The van der Waals surface area contributed by atoms with Gasteiger partial charge in [-0.25, -0.2) is 0 Å². The Bertz CT molecular complexity index is 97.1. The van der Waals surface area contributed by atoms with E-state index in [1.54, 1.807) is 0 Å². The van der Waals surface area contributed by atoms with Crippen LogP contribution in [0.15, 0.2) is 12.7 Å². The first-order valence-corrected chi connectivity index (χ1v) is 2.18. The molecule has 0 spiro atoms. The number of allylic oxidation sites excluding steroid dienone is 1. The smallest absolute Gasteiger partial charge is 0.199 e. The van der Waals surface area contributed by atoms with Crippen LogP contribution in [0.2, 0.25) is 0 Å². The molecule has 0 aliphatic heterocycles. The second-order valence-electron chi connectivity index (χ2n) is 1.46. The summed E-state index contributed by atoms with van der Waals surface area (Å²) in [6.07, 6.45) is -3.11. The highest BCUT2D eigenvalue weighted by atomic mass is 19.3. The minimum absolute atomic E-state index is 0.749. The molecule has 4 heteroatoms. The van der Waals surface area contributed by atoms with Crippen LogP contribution in [0.25, 0.3) is 0 Å². The SMILES string of the molecule is C=CCC(F)(F)[C](F)F. The Morgan fingerprint density at radius 3 is 2.00 bits per heavy atom. The molecule has 0 heterocycles. The molecule has 0 atom stereocenters. The molecular weight excluding hydrogens is 136 g/mol. The van der Waals surface area contributed by atoms with Gasteiger partial charge in [0.15, 0.2) is 0 Å². The first-order chi connectivity index (χ1) is 4.00. The number of halogens is 4. The van der Waals surface area contributed by atoms with Crippen molar-refractivity contribution in [3.63, 3.8) is 0 Å². The summed E-state index contributed by atoms with van der Waals surface area (Å²) in [7, 11) is 0. The molecule has 9 heavy (non-hydrogen) atoms. The second-order valence-corrected chi connectivity index (χ2v) is 1.46. The van der Waals surface area contributed by atoms with Gasteiger partial charge in [0.25, 0.3) is 0 Å². The Balaban J connectivity index is 3.84. The molecule has 1 radical (unpaired) electrons. The van der Waals surface area contributed by atoms with Crippen molar-refractivity contribution in [3.05, 3.63) is 19.1 Å². The number of hydrogen-bond donors (Lipinski definition) is 0. The fourth-order valence-electron chi connectivity index (χ4n) is 0.258. The molecular formula is C5H5F4. The van der Waals surface area contributed by atoms with Crippen molar-refractivity contribution in [1.29, 1.82) is 0 Å². The van der Waals surface area contributed by atoms with E-state index in [1.807, 2.05) is 0 Å². The quantitative estimate of drug-likeness (QED) is 0.418. The monoisotopic (exact) mass is 141 g/mol. The third-order valence-electron chi connectivity index (χ3n) is 0.677. The topological polar surface area (TPSA) is 0 Å². The number of alkyl halides is 2. The third kappa shape index (κ3) is 2.49. The van der Waals surface area contributed by atoms with E-state index in [2.05, 4.69) is 6.58 Å². The van der Waals surface area contributed by atoms with E-state index in [-0.39, 0.29) is 0 Å². The van der Waals surface area contributed by atoms with Crippen LogP contribution in [-0.2, 0) is 0 Å². The van der Waals surface area contributed by atoms with Crippen molar-refractivity contribution in [3.8, 4) is 0 Å². The Kier molecular flexibility index (Phi) is 2.67. The maximum Gasteiger partial charge on any atom is 0.378 e. The Morgan fingerprint density at radius 1 is 1.44 bits per heavy atom. The molecule has 0 nitrogen and oxygen atoms in total. The van der Waals surface area contributed by atoms with Crippen molar-refractivity contribution < 1.29 is 17.6 Å². The van der Waals surface area contributed by atoms with Crippen LogP contribution < -0.4 is 0 Å². The van der Waals surface area contributed by atoms with Gasteiger partial charge in [-0.15, -0.1) is 6.58 Å². The highest BCUT2D eigenvalue weighted by Gasteiger charge is 2.41. The van der Waals surface area contributed by atoms with Crippen molar-refractivity contribution >= 4 is 0 Å². The van der Waals surface area contributed by atoms with Crippen LogP contribution >= 0.6 is 0 Å². The molecule has 0 rings (SSSR count). The van der Waals surface area contributed by atoms with Crippen molar-refractivity contribution in [2.24, 2.45) is 0 Å². The summed E-state index contributed by atoms with van der Waals surface area (Å²) < 4.78 is 45.6. The lowest BCUT2D eigenvalue weighted by Gasteiger charge is -2.09.